The van der Waals surface area contributed by atoms with E-state index in [1.165, 1.54) is 7.11 Å². The number of rotatable bonds is 12. The standard InChI is InChI=1S/C28H32N2O6/c1-20-26(28(33)35-3)24(27(32)30(20)16-7-17-34-2)18-22-10-12-23(13-11-22)36-19-25(31)29-15-14-21-8-5-4-6-9-21/h4-6,8-13,18H,7,14-17,19H2,1-3H3,(H,29,31)/b24-18-. The van der Waals surface area contributed by atoms with Gasteiger partial charge in [0.05, 0.1) is 18.3 Å². The molecule has 1 N–H and O–H groups in total. The summed E-state index contributed by atoms with van der Waals surface area (Å²) < 4.78 is 15.6. The molecule has 2 amide bonds. The van der Waals surface area contributed by atoms with Crippen LogP contribution in [0.1, 0.15) is 24.5 Å². The number of carbonyl (C=O) groups excluding carboxylic acids is 3. The minimum atomic E-state index is -0.556. The van der Waals surface area contributed by atoms with Crippen molar-refractivity contribution in [2.24, 2.45) is 0 Å². The fourth-order valence-corrected chi connectivity index (χ4v) is 3.88. The molecule has 1 aliphatic rings. The Hall–Kier alpha value is -3.91. The van der Waals surface area contributed by atoms with Crippen molar-refractivity contribution < 1.29 is 28.6 Å². The summed E-state index contributed by atoms with van der Waals surface area (Å²) in [5.74, 6) is -0.490. The third-order valence-electron chi connectivity index (χ3n) is 5.77. The molecular formula is C28H32N2O6. The van der Waals surface area contributed by atoms with Gasteiger partial charge in [0.2, 0.25) is 0 Å². The van der Waals surface area contributed by atoms with Crippen LogP contribution in [-0.2, 0) is 30.3 Å². The average Bonchev–Trinajstić information content (AvgIpc) is 3.12. The maximum absolute atomic E-state index is 13.1. The third-order valence-corrected chi connectivity index (χ3v) is 5.77. The van der Waals surface area contributed by atoms with E-state index >= 15 is 0 Å². The second-order valence-corrected chi connectivity index (χ2v) is 8.26. The monoisotopic (exact) mass is 492 g/mol. The molecule has 0 saturated heterocycles. The Balaban J connectivity index is 1.60. The zero-order valence-electron chi connectivity index (χ0n) is 20.9. The fourth-order valence-electron chi connectivity index (χ4n) is 3.88. The molecule has 0 atom stereocenters. The summed E-state index contributed by atoms with van der Waals surface area (Å²) in [5, 5.41) is 2.84. The summed E-state index contributed by atoms with van der Waals surface area (Å²) in [6, 6.07) is 16.9. The van der Waals surface area contributed by atoms with Gasteiger partial charge >= 0.3 is 5.97 Å². The van der Waals surface area contributed by atoms with E-state index < -0.39 is 5.97 Å². The molecule has 3 rings (SSSR count). The lowest BCUT2D eigenvalue weighted by atomic mass is 10.0. The number of carbonyl (C=O) groups is 3. The van der Waals surface area contributed by atoms with Gasteiger partial charge in [-0.05, 0) is 49.1 Å². The van der Waals surface area contributed by atoms with Gasteiger partial charge in [-0.2, -0.15) is 0 Å². The normalized spacial score (nSPS) is 14.4. The summed E-state index contributed by atoms with van der Waals surface area (Å²) in [6.45, 7) is 3.12. The molecule has 2 aromatic rings. The zero-order valence-corrected chi connectivity index (χ0v) is 20.9. The van der Waals surface area contributed by atoms with Gasteiger partial charge < -0.3 is 24.4 Å². The molecule has 0 saturated carbocycles. The number of hydrogen-bond acceptors (Lipinski definition) is 6. The van der Waals surface area contributed by atoms with Crippen molar-refractivity contribution in [2.75, 3.05) is 40.5 Å². The van der Waals surface area contributed by atoms with Crippen LogP contribution >= 0.6 is 0 Å². The summed E-state index contributed by atoms with van der Waals surface area (Å²) in [5.41, 5.74) is 2.97. The van der Waals surface area contributed by atoms with E-state index in [0.717, 1.165) is 12.0 Å². The number of ether oxygens (including phenoxy) is 3. The minimum absolute atomic E-state index is 0.0986. The molecule has 0 unspecified atom stereocenters. The lowest BCUT2D eigenvalue weighted by Crippen LogP contribution is -2.30. The maximum atomic E-state index is 13.1. The van der Waals surface area contributed by atoms with Gasteiger partial charge in [-0.3, -0.25) is 9.59 Å². The van der Waals surface area contributed by atoms with E-state index in [-0.39, 0.29) is 29.6 Å². The average molecular weight is 493 g/mol. The van der Waals surface area contributed by atoms with Gasteiger partial charge in [-0.15, -0.1) is 0 Å². The van der Waals surface area contributed by atoms with Crippen molar-refractivity contribution in [2.45, 2.75) is 19.8 Å². The Morgan fingerprint density at radius 1 is 1.03 bits per heavy atom. The van der Waals surface area contributed by atoms with Crippen LogP contribution in [-0.4, -0.2) is 63.2 Å². The summed E-state index contributed by atoms with van der Waals surface area (Å²) in [6.07, 6.45) is 3.06. The largest absolute Gasteiger partial charge is 0.484 e. The van der Waals surface area contributed by atoms with Crippen LogP contribution < -0.4 is 10.1 Å². The first kappa shape index (κ1) is 26.7. The van der Waals surface area contributed by atoms with E-state index in [4.69, 9.17) is 14.2 Å². The Labute approximate surface area is 211 Å². The highest BCUT2D eigenvalue weighted by molar-refractivity contribution is 6.16. The molecule has 0 aromatic heterocycles. The summed E-state index contributed by atoms with van der Waals surface area (Å²) in [4.78, 5) is 39.1. The minimum Gasteiger partial charge on any atom is -0.484 e. The molecule has 8 heteroatoms. The number of benzene rings is 2. The Morgan fingerprint density at radius 2 is 1.75 bits per heavy atom. The molecule has 1 heterocycles. The fraction of sp³-hybridized carbons (Fsp3) is 0.321. The van der Waals surface area contributed by atoms with E-state index in [9.17, 15) is 14.4 Å². The van der Waals surface area contributed by atoms with Gasteiger partial charge in [0.25, 0.3) is 11.8 Å². The Bertz CT molecular complexity index is 1120. The number of amides is 2. The molecule has 0 radical (unpaired) electrons. The van der Waals surface area contributed by atoms with Crippen molar-refractivity contribution in [3.05, 3.63) is 82.6 Å². The first-order chi connectivity index (χ1) is 17.4. The van der Waals surface area contributed by atoms with Crippen molar-refractivity contribution in [1.82, 2.24) is 10.2 Å². The van der Waals surface area contributed by atoms with Crippen molar-refractivity contribution in [3.63, 3.8) is 0 Å². The number of hydrogen-bond donors (Lipinski definition) is 1. The summed E-state index contributed by atoms with van der Waals surface area (Å²) >= 11 is 0. The second kappa shape index (κ2) is 13.3. The lowest BCUT2D eigenvalue weighted by molar-refractivity contribution is -0.136. The van der Waals surface area contributed by atoms with Gasteiger partial charge in [0.1, 0.15) is 5.75 Å². The number of esters is 1. The maximum Gasteiger partial charge on any atom is 0.340 e. The van der Waals surface area contributed by atoms with Crippen LogP contribution in [0.2, 0.25) is 0 Å². The van der Waals surface area contributed by atoms with Crippen molar-refractivity contribution >= 4 is 23.9 Å². The second-order valence-electron chi connectivity index (χ2n) is 8.26. The predicted molar refractivity (Wildman–Crippen MR) is 136 cm³/mol. The highest BCUT2D eigenvalue weighted by atomic mass is 16.5. The molecule has 0 bridgehead atoms. The van der Waals surface area contributed by atoms with Crippen LogP contribution in [0.25, 0.3) is 6.08 Å². The summed E-state index contributed by atoms with van der Waals surface area (Å²) in [7, 11) is 2.90. The molecule has 0 fully saturated rings. The molecule has 36 heavy (non-hydrogen) atoms. The number of nitrogens with zero attached hydrogens (tertiary/aromatic N) is 1. The smallest absolute Gasteiger partial charge is 0.340 e. The lowest BCUT2D eigenvalue weighted by Gasteiger charge is -2.17. The van der Waals surface area contributed by atoms with E-state index in [1.807, 2.05) is 30.3 Å². The van der Waals surface area contributed by atoms with Gasteiger partial charge in [-0.25, -0.2) is 4.79 Å². The molecule has 0 aliphatic carbocycles. The third kappa shape index (κ3) is 7.05. The van der Waals surface area contributed by atoms with Crippen LogP contribution in [0, 0.1) is 0 Å². The van der Waals surface area contributed by atoms with Crippen molar-refractivity contribution in [3.8, 4) is 5.75 Å². The predicted octanol–water partition coefficient (Wildman–Crippen LogP) is 3.13. The molecule has 2 aromatic carbocycles. The SMILES string of the molecule is COCCCN1C(=O)/C(=C\c2ccc(OCC(=O)NCCc3ccccc3)cc2)C(C(=O)OC)=C1C. The number of methoxy groups -OCH3 is 2. The van der Waals surface area contributed by atoms with Crippen LogP contribution in [0.3, 0.4) is 0 Å². The van der Waals surface area contributed by atoms with Crippen LogP contribution in [0.4, 0.5) is 0 Å². The number of allylic oxidation sites excluding steroid dienone is 1. The first-order valence-corrected chi connectivity index (χ1v) is 11.8. The Kier molecular flexibility index (Phi) is 9.82. The molecule has 0 spiro atoms. The number of nitrogens with one attached hydrogen (secondary N) is 1. The van der Waals surface area contributed by atoms with Crippen LogP contribution in [0.15, 0.2) is 71.4 Å². The molecular weight excluding hydrogens is 460 g/mol. The quantitative estimate of drug-likeness (QED) is 0.278. The molecule has 1 aliphatic heterocycles. The van der Waals surface area contributed by atoms with Gasteiger partial charge in [0.15, 0.2) is 6.61 Å². The molecule has 8 nitrogen and oxygen atoms in total. The topological polar surface area (TPSA) is 94.2 Å². The highest BCUT2D eigenvalue weighted by Gasteiger charge is 2.36. The molecule has 190 valence electrons. The van der Waals surface area contributed by atoms with Gasteiger partial charge in [-0.1, -0.05) is 42.5 Å². The van der Waals surface area contributed by atoms with Gasteiger partial charge in [0, 0.05) is 32.5 Å². The highest BCUT2D eigenvalue weighted by Crippen LogP contribution is 2.32. The van der Waals surface area contributed by atoms with E-state index in [0.29, 0.717) is 43.1 Å². The van der Waals surface area contributed by atoms with E-state index in [1.54, 1.807) is 49.3 Å². The van der Waals surface area contributed by atoms with Crippen LogP contribution in [0.5, 0.6) is 5.75 Å². The first-order valence-electron chi connectivity index (χ1n) is 11.8. The van der Waals surface area contributed by atoms with E-state index in [2.05, 4.69) is 5.32 Å². The Morgan fingerprint density at radius 3 is 2.42 bits per heavy atom. The zero-order chi connectivity index (χ0) is 25.9. The van der Waals surface area contributed by atoms with Crippen molar-refractivity contribution in [1.29, 1.82) is 0 Å².